The summed E-state index contributed by atoms with van der Waals surface area (Å²) in [5, 5.41) is 0. The quantitative estimate of drug-likeness (QED) is 0.732. The van der Waals surface area contributed by atoms with Crippen LogP contribution < -0.4 is 5.73 Å². The maximum Gasteiger partial charge on any atom is 0.224 e. The fraction of sp³-hybridized carbons (Fsp3) is 0.909. The molecule has 1 heterocycles. The molecule has 0 aromatic carbocycles. The van der Waals surface area contributed by atoms with E-state index in [0.717, 1.165) is 26.2 Å². The molecule has 0 aromatic heterocycles. The Bertz CT molecular complexity index is 216. The average molecular weight is 213 g/mol. The standard InChI is InChI=1S/C11H23N3O/c1-9(2)14-7-6-13(8-10(3)12)5-4-11(14)15/h9-10H,4-8,12H2,1-3H3. The van der Waals surface area contributed by atoms with Crippen molar-refractivity contribution < 1.29 is 4.79 Å². The van der Waals surface area contributed by atoms with E-state index in [1.165, 1.54) is 0 Å². The third-order valence-corrected chi connectivity index (χ3v) is 2.79. The van der Waals surface area contributed by atoms with Gasteiger partial charge in [-0.3, -0.25) is 9.69 Å². The van der Waals surface area contributed by atoms with E-state index in [9.17, 15) is 4.79 Å². The number of amides is 1. The van der Waals surface area contributed by atoms with Gasteiger partial charge in [-0.05, 0) is 20.8 Å². The van der Waals surface area contributed by atoms with Crippen molar-refractivity contribution in [3.8, 4) is 0 Å². The second-order valence-corrected chi connectivity index (χ2v) is 4.71. The molecule has 0 aliphatic carbocycles. The number of carbonyl (C=O) groups excluding carboxylic acids is 1. The van der Waals surface area contributed by atoms with Gasteiger partial charge in [-0.15, -0.1) is 0 Å². The van der Waals surface area contributed by atoms with E-state index in [0.29, 0.717) is 12.5 Å². The van der Waals surface area contributed by atoms with Crippen LogP contribution in [0.15, 0.2) is 0 Å². The maximum atomic E-state index is 11.8. The fourth-order valence-electron chi connectivity index (χ4n) is 2.02. The van der Waals surface area contributed by atoms with Gasteiger partial charge in [-0.1, -0.05) is 0 Å². The number of hydrogen-bond donors (Lipinski definition) is 1. The lowest BCUT2D eigenvalue weighted by atomic mass is 10.3. The molecule has 4 nitrogen and oxygen atoms in total. The Morgan fingerprint density at radius 1 is 1.27 bits per heavy atom. The largest absolute Gasteiger partial charge is 0.339 e. The van der Waals surface area contributed by atoms with Crippen molar-refractivity contribution in [1.82, 2.24) is 9.80 Å². The molecule has 1 atom stereocenters. The van der Waals surface area contributed by atoms with Gasteiger partial charge in [0.05, 0.1) is 0 Å². The van der Waals surface area contributed by atoms with Crippen LogP contribution in [0.5, 0.6) is 0 Å². The summed E-state index contributed by atoms with van der Waals surface area (Å²) in [6, 6.07) is 0.499. The molecular formula is C11H23N3O. The number of carbonyl (C=O) groups is 1. The second-order valence-electron chi connectivity index (χ2n) is 4.71. The minimum Gasteiger partial charge on any atom is -0.339 e. The summed E-state index contributed by atoms with van der Waals surface area (Å²) in [5.74, 6) is 0.275. The number of rotatable bonds is 3. The molecule has 1 aliphatic heterocycles. The molecule has 0 aromatic rings. The van der Waals surface area contributed by atoms with E-state index in [1.54, 1.807) is 0 Å². The molecular weight excluding hydrogens is 190 g/mol. The number of nitrogens with zero attached hydrogens (tertiary/aromatic N) is 2. The van der Waals surface area contributed by atoms with Crippen molar-refractivity contribution in [3.63, 3.8) is 0 Å². The van der Waals surface area contributed by atoms with E-state index < -0.39 is 0 Å². The highest BCUT2D eigenvalue weighted by Crippen LogP contribution is 2.08. The van der Waals surface area contributed by atoms with E-state index in [1.807, 2.05) is 11.8 Å². The SMILES string of the molecule is CC(N)CN1CCC(=O)N(C(C)C)CC1. The molecule has 0 spiro atoms. The van der Waals surface area contributed by atoms with Crippen LogP contribution in [0.2, 0.25) is 0 Å². The molecule has 1 amide bonds. The zero-order valence-corrected chi connectivity index (χ0v) is 10.1. The molecule has 88 valence electrons. The summed E-state index contributed by atoms with van der Waals surface area (Å²) in [5.41, 5.74) is 5.76. The molecule has 15 heavy (non-hydrogen) atoms. The third kappa shape index (κ3) is 3.80. The lowest BCUT2D eigenvalue weighted by Gasteiger charge is -2.25. The lowest BCUT2D eigenvalue weighted by Crippen LogP contribution is -2.40. The van der Waals surface area contributed by atoms with E-state index in [-0.39, 0.29) is 11.9 Å². The van der Waals surface area contributed by atoms with Crippen molar-refractivity contribution in [1.29, 1.82) is 0 Å². The minimum absolute atomic E-state index is 0.186. The van der Waals surface area contributed by atoms with Gasteiger partial charge in [0.25, 0.3) is 0 Å². The average Bonchev–Trinajstić information content (AvgIpc) is 2.28. The molecule has 1 rings (SSSR count). The van der Waals surface area contributed by atoms with E-state index in [4.69, 9.17) is 5.73 Å². The molecule has 1 aliphatic rings. The van der Waals surface area contributed by atoms with Crippen LogP contribution in [0.25, 0.3) is 0 Å². The molecule has 0 saturated carbocycles. The predicted molar refractivity (Wildman–Crippen MR) is 61.6 cm³/mol. The highest BCUT2D eigenvalue weighted by atomic mass is 16.2. The van der Waals surface area contributed by atoms with Crippen LogP contribution >= 0.6 is 0 Å². The first kappa shape index (κ1) is 12.5. The fourth-order valence-corrected chi connectivity index (χ4v) is 2.02. The van der Waals surface area contributed by atoms with Crippen LogP contribution in [0, 0.1) is 0 Å². The Kier molecular flexibility index (Phi) is 4.54. The summed E-state index contributed by atoms with van der Waals surface area (Å²) in [6.07, 6.45) is 0.630. The van der Waals surface area contributed by atoms with Crippen LogP contribution in [-0.4, -0.2) is 54.0 Å². The topological polar surface area (TPSA) is 49.6 Å². The van der Waals surface area contributed by atoms with Crippen molar-refractivity contribution in [3.05, 3.63) is 0 Å². The summed E-state index contributed by atoms with van der Waals surface area (Å²) in [4.78, 5) is 16.0. The first-order valence-electron chi connectivity index (χ1n) is 5.78. The Morgan fingerprint density at radius 2 is 1.93 bits per heavy atom. The van der Waals surface area contributed by atoms with Gasteiger partial charge in [-0.25, -0.2) is 0 Å². The van der Waals surface area contributed by atoms with Crippen LogP contribution in [0.1, 0.15) is 27.2 Å². The Morgan fingerprint density at radius 3 is 2.47 bits per heavy atom. The summed E-state index contributed by atoms with van der Waals surface area (Å²) < 4.78 is 0. The summed E-state index contributed by atoms with van der Waals surface area (Å²) in [7, 11) is 0. The predicted octanol–water partition coefficient (Wildman–Crippen LogP) is 0.276. The Balaban J connectivity index is 2.50. The summed E-state index contributed by atoms with van der Waals surface area (Å²) in [6.45, 7) is 9.67. The van der Waals surface area contributed by atoms with Crippen molar-refractivity contribution in [2.45, 2.75) is 39.3 Å². The van der Waals surface area contributed by atoms with Gasteiger partial charge in [0.15, 0.2) is 0 Å². The van der Waals surface area contributed by atoms with Crippen molar-refractivity contribution in [2.24, 2.45) is 5.73 Å². The van der Waals surface area contributed by atoms with Crippen LogP contribution in [-0.2, 0) is 4.79 Å². The number of nitrogens with two attached hydrogens (primary N) is 1. The number of hydrogen-bond acceptors (Lipinski definition) is 3. The molecule has 1 fully saturated rings. The Labute approximate surface area is 92.4 Å². The highest BCUT2D eigenvalue weighted by Gasteiger charge is 2.22. The van der Waals surface area contributed by atoms with Gasteiger partial charge in [0.2, 0.25) is 5.91 Å². The minimum atomic E-state index is 0.186. The van der Waals surface area contributed by atoms with E-state index in [2.05, 4.69) is 18.7 Å². The first-order valence-corrected chi connectivity index (χ1v) is 5.78. The molecule has 2 N–H and O–H groups in total. The first-order chi connectivity index (χ1) is 7.00. The molecule has 0 bridgehead atoms. The van der Waals surface area contributed by atoms with Crippen molar-refractivity contribution >= 4 is 5.91 Å². The van der Waals surface area contributed by atoms with Gasteiger partial charge in [-0.2, -0.15) is 0 Å². The smallest absolute Gasteiger partial charge is 0.224 e. The normalized spacial score (nSPS) is 21.9. The van der Waals surface area contributed by atoms with E-state index >= 15 is 0 Å². The molecule has 1 unspecified atom stereocenters. The van der Waals surface area contributed by atoms with Crippen molar-refractivity contribution in [2.75, 3.05) is 26.2 Å². The monoisotopic (exact) mass is 213 g/mol. The van der Waals surface area contributed by atoms with Gasteiger partial charge >= 0.3 is 0 Å². The van der Waals surface area contributed by atoms with Crippen LogP contribution in [0.4, 0.5) is 0 Å². The van der Waals surface area contributed by atoms with Gasteiger partial charge in [0, 0.05) is 44.7 Å². The van der Waals surface area contributed by atoms with Crippen LogP contribution in [0.3, 0.4) is 0 Å². The Hall–Kier alpha value is -0.610. The third-order valence-electron chi connectivity index (χ3n) is 2.79. The zero-order chi connectivity index (χ0) is 11.4. The zero-order valence-electron chi connectivity index (χ0n) is 10.1. The highest BCUT2D eigenvalue weighted by molar-refractivity contribution is 5.76. The molecule has 0 radical (unpaired) electrons. The second kappa shape index (κ2) is 5.47. The maximum absolute atomic E-state index is 11.8. The van der Waals surface area contributed by atoms with Gasteiger partial charge in [0.1, 0.15) is 0 Å². The van der Waals surface area contributed by atoms with Gasteiger partial charge < -0.3 is 10.6 Å². The molecule has 4 heteroatoms. The molecule has 1 saturated heterocycles. The summed E-state index contributed by atoms with van der Waals surface area (Å²) >= 11 is 0. The lowest BCUT2D eigenvalue weighted by molar-refractivity contribution is -0.131.